The van der Waals surface area contributed by atoms with Gasteiger partial charge in [0.15, 0.2) is 5.16 Å². The molecule has 0 unspecified atom stereocenters. The molecule has 0 spiro atoms. The average Bonchev–Trinajstić information content (AvgIpc) is 3.18. The molecule has 1 aromatic heterocycles. The van der Waals surface area contributed by atoms with Crippen LogP contribution in [0.25, 0.3) is 0 Å². The molecule has 0 atom stereocenters. The summed E-state index contributed by atoms with van der Waals surface area (Å²) in [6, 6.07) is 6.29. The van der Waals surface area contributed by atoms with Crippen LogP contribution in [0.15, 0.2) is 41.8 Å². The van der Waals surface area contributed by atoms with E-state index in [0.29, 0.717) is 17.5 Å². The van der Waals surface area contributed by atoms with Crippen molar-refractivity contribution in [3.05, 3.63) is 42.5 Å². The highest BCUT2D eigenvalue weighted by Crippen LogP contribution is 2.37. The number of thioether (sulfide) groups is 1. The third-order valence-electron chi connectivity index (χ3n) is 3.03. The van der Waals surface area contributed by atoms with Crippen LogP contribution in [0.5, 0.6) is 0 Å². The number of rotatable bonds is 5. The molecule has 0 saturated heterocycles. The number of anilines is 1. The van der Waals surface area contributed by atoms with Crippen molar-refractivity contribution in [2.45, 2.75) is 24.0 Å². The minimum atomic E-state index is -0.316. The molecule has 1 N–H and O–H groups in total. The fourth-order valence-electron chi connectivity index (χ4n) is 1.90. The smallest absolute Gasteiger partial charge is 0.234 e. The Morgan fingerprint density at radius 2 is 2.15 bits per heavy atom. The molecule has 20 heavy (non-hydrogen) atoms. The molecule has 3 rings (SSSR count). The van der Waals surface area contributed by atoms with E-state index < -0.39 is 0 Å². The van der Waals surface area contributed by atoms with E-state index in [0.717, 1.165) is 5.16 Å². The van der Waals surface area contributed by atoms with E-state index in [4.69, 9.17) is 0 Å². The predicted octanol–water partition coefficient (Wildman–Crippen LogP) is 3.09. The molecule has 104 valence electrons. The van der Waals surface area contributed by atoms with E-state index >= 15 is 0 Å². The van der Waals surface area contributed by atoms with Gasteiger partial charge in [-0.05, 0) is 37.1 Å². The minimum absolute atomic E-state index is 0.119. The molecule has 0 aliphatic heterocycles. The number of nitrogens with one attached hydrogen (secondary N) is 1. The molecular weight excluding hydrogens is 277 g/mol. The lowest BCUT2D eigenvalue weighted by atomic mass is 10.3. The van der Waals surface area contributed by atoms with Crippen LogP contribution in [-0.2, 0) is 4.79 Å². The zero-order chi connectivity index (χ0) is 13.9. The summed E-state index contributed by atoms with van der Waals surface area (Å²) < 4.78 is 14.9. The van der Waals surface area contributed by atoms with Gasteiger partial charge in [-0.15, -0.1) is 0 Å². The first-order valence-corrected chi connectivity index (χ1v) is 7.42. The summed E-state index contributed by atoms with van der Waals surface area (Å²) in [5, 5.41) is 3.61. The van der Waals surface area contributed by atoms with Crippen LogP contribution in [0.2, 0.25) is 0 Å². The van der Waals surface area contributed by atoms with Crippen LogP contribution in [-0.4, -0.2) is 21.2 Å². The first-order chi connectivity index (χ1) is 9.72. The molecule has 2 aromatic rings. The lowest BCUT2D eigenvalue weighted by molar-refractivity contribution is -0.113. The van der Waals surface area contributed by atoms with Crippen LogP contribution in [0.1, 0.15) is 18.9 Å². The van der Waals surface area contributed by atoms with Crippen molar-refractivity contribution in [1.29, 1.82) is 0 Å². The van der Waals surface area contributed by atoms with Gasteiger partial charge in [0.05, 0.1) is 5.75 Å². The first kappa shape index (κ1) is 13.2. The number of benzene rings is 1. The molecule has 1 saturated carbocycles. The number of carbonyl (C=O) groups excluding carboxylic acids is 1. The van der Waals surface area contributed by atoms with Crippen LogP contribution in [0, 0.1) is 5.82 Å². The Balaban J connectivity index is 1.54. The monoisotopic (exact) mass is 291 g/mol. The number of aromatic nitrogens is 2. The number of nitrogens with zero attached hydrogens (tertiary/aromatic N) is 2. The maximum absolute atomic E-state index is 12.8. The van der Waals surface area contributed by atoms with Gasteiger partial charge in [-0.25, -0.2) is 9.37 Å². The topological polar surface area (TPSA) is 46.9 Å². The second kappa shape index (κ2) is 5.66. The van der Waals surface area contributed by atoms with Crippen LogP contribution < -0.4 is 5.32 Å². The van der Waals surface area contributed by atoms with Gasteiger partial charge < -0.3 is 9.88 Å². The second-order valence-electron chi connectivity index (χ2n) is 4.69. The van der Waals surface area contributed by atoms with Crippen LogP contribution in [0.3, 0.4) is 0 Å². The van der Waals surface area contributed by atoms with Crippen molar-refractivity contribution in [1.82, 2.24) is 9.55 Å². The number of amides is 1. The maximum Gasteiger partial charge on any atom is 0.234 e. The van der Waals surface area contributed by atoms with E-state index in [1.54, 1.807) is 18.3 Å². The van der Waals surface area contributed by atoms with Crippen molar-refractivity contribution in [2.24, 2.45) is 0 Å². The Morgan fingerprint density at radius 1 is 1.40 bits per heavy atom. The standard InChI is InChI=1S/C14H14FN3OS/c15-10-1-3-11(4-2-10)17-13(19)9-20-14-16-7-8-18(14)12-5-6-12/h1-4,7-8,12H,5-6,9H2,(H,17,19). The Kier molecular flexibility index (Phi) is 3.73. The lowest BCUT2D eigenvalue weighted by Gasteiger charge is -2.06. The zero-order valence-electron chi connectivity index (χ0n) is 10.8. The molecule has 1 heterocycles. The highest BCUT2D eigenvalue weighted by molar-refractivity contribution is 7.99. The minimum Gasteiger partial charge on any atom is -0.325 e. The maximum atomic E-state index is 12.8. The summed E-state index contributed by atoms with van der Waals surface area (Å²) in [7, 11) is 0. The summed E-state index contributed by atoms with van der Waals surface area (Å²) in [5.74, 6) is -0.142. The fourth-order valence-corrected chi connectivity index (χ4v) is 2.73. The predicted molar refractivity (Wildman–Crippen MR) is 76.3 cm³/mol. The summed E-state index contributed by atoms with van der Waals surface area (Å²) in [6.07, 6.45) is 6.09. The normalized spacial score (nSPS) is 14.2. The van der Waals surface area contributed by atoms with Gasteiger partial charge in [0.1, 0.15) is 5.82 Å². The Labute approximate surface area is 120 Å². The van der Waals surface area contributed by atoms with E-state index in [2.05, 4.69) is 14.9 Å². The number of hydrogen-bond donors (Lipinski definition) is 1. The average molecular weight is 291 g/mol. The molecule has 1 aliphatic rings. The van der Waals surface area contributed by atoms with E-state index in [9.17, 15) is 9.18 Å². The SMILES string of the molecule is O=C(CSc1nccn1C1CC1)Nc1ccc(F)cc1. The molecule has 0 radical (unpaired) electrons. The van der Waals surface area contributed by atoms with Gasteiger partial charge in [0, 0.05) is 24.1 Å². The highest BCUT2D eigenvalue weighted by Gasteiger charge is 2.25. The number of halogens is 1. The van der Waals surface area contributed by atoms with E-state index in [1.807, 2.05) is 6.20 Å². The number of carbonyl (C=O) groups is 1. The van der Waals surface area contributed by atoms with Crippen molar-refractivity contribution in [3.63, 3.8) is 0 Å². The van der Waals surface area contributed by atoms with Gasteiger partial charge in [0.25, 0.3) is 0 Å². The van der Waals surface area contributed by atoms with Crippen LogP contribution >= 0.6 is 11.8 Å². The van der Waals surface area contributed by atoms with Crippen LogP contribution in [0.4, 0.5) is 10.1 Å². The molecule has 1 fully saturated rings. The van der Waals surface area contributed by atoms with Gasteiger partial charge >= 0.3 is 0 Å². The summed E-state index contributed by atoms with van der Waals surface area (Å²) in [6.45, 7) is 0. The van der Waals surface area contributed by atoms with Crippen molar-refractivity contribution in [2.75, 3.05) is 11.1 Å². The molecule has 4 nitrogen and oxygen atoms in total. The van der Waals surface area contributed by atoms with E-state index in [1.165, 1.54) is 36.7 Å². The third-order valence-corrected chi connectivity index (χ3v) is 4.01. The largest absolute Gasteiger partial charge is 0.325 e. The quantitative estimate of drug-likeness (QED) is 0.861. The summed E-state index contributed by atoms with van der Waals surface area (Å²) in [5.41, 5.74) is 0.600. The number of hydrogen-bond acceptors (Lipinski definition) is 3. The second-order valence-corrected chi connectivity index (χ2v) is 5.63. The highest BCUT2D eigenvalue weighted by atomic mass is 32.2. The lowest BCUT2D eigenvalue weighted by Crippen LogP contribution is -2.14. The molecule has 6 heteroatoms. The third kappa shape index (κ3) is 3.19. The van der Waals surface area contributed by atoms with Gasteiger partial charge in [-0.3, -0.25) is 4.79 Å². The zero-order valence-corrected chi connectivity index (χ0v) is 11.6. The van der Waals surface area contributed by atoms with Gasteiger partial charge in [-0.1, -0.05) is 11.8 Å². The molecule has 1 aliphatic carbocycles. The summed E-state index contributed by atoms with van der Waals surface area (Å²) in [4.78, 5) is 16.1. The molecule has 1 amide bonds. The Hall–Kier alpha value is -1.82. The van der Waals surface area contributed by atoms with Gasteiger partial charge in [-0.2, -0.15) is 0 Å². The Bertz CT molecular complexity index is 607. The molecule has 1 aromatic carbocycles. The molecule has 0 bridgehead atoms. The first-order valence-electron chi connectivity index (χ1n) is 6.43. The summed E-state index contributed by atoms with van der Waals surface area (Å²) >= 11 is 1.42. The van der Waals surface area contributed by atoms with E-state index in [-0.39, 0.29) is 11.7 Å². The van der Waals surface area contributed by atoms with Crippen molar-refractivity contribution >= 4 is 23.4 Å². The van der Waals surface area contributed by atoms with Crippen molar-refractivity contribution in [3.8, 4) is 0 Å². The van der Waals surface area contributed by atoms with Crippen molar-refractivity contribution < 1.29 is 9.18 Å². The number of imidazole rings is 1. The molecular formula is C14H14FN3OS. The Morgan fingerprint density at radius 3 is 2.85 bits per heavy atom. The fraction of sp³-hybridized carbons (Fsp3) is 0.286. The van der Waals surface area contributed by atoms with Gasteiger partial charge in [0.2, 0.25) is 5.91 Å².